The third kappa shape index (κ3) is 2.13. The maximum absolute atomic E-state index is 10.8. The fourth-order valence-corrected chi connectivity index (χ4v) is 1.38. The minimum absolute atomic E-state index is 0.302. The molecule has 0 aliphatic heterocycles. The molecule has 0 bridgehead atoms. The van der Waals surface area contributed by atoms with Gasteiger partial charge < -0.3 is 0 Å². The molecule has 64 valence electrons. The van der Waals surface area contributed by atoms with Crippen LogP contribution < -0.4 is 0 Å². The van der Waals surface area contributed by atoms with E-state index in [1.807, 2.05) is 0 Å². The first kappa shape index (κ1) is 9.85. The average molecular weight is 223 g/mol. The molecular formula is C8H5Cl3O. The Balaban J connectivity index is 3.17. The van der Waals surface area contributed by atoms with Crippen LogP contribution in [-0.2, 0) is 5.88 Å². The minimum atomic E-state index is -0.563. The Labute approximate surface area is 85.2 Å². The Bertz CT molecular complexity index is 309. The summed E-state index contributed by atoms with van der Waals surface area (Å²) in [5, 5.41) is -0.212. The molecule has 0 N–H and O–H groups in total. The van der Waals surface area contributed by atoms with E-state index in [0.717, 1.165) is 5.56 Å². The monoisotopic (exact) mass is 222 g/mol. The van der Waals surface area contributed by atoms with Crippen LogP contribution in [0.2, 0.25) is 5.02 Å². The van der Waals surface area contributed by atoms with Crippen LogP contribution in [-0.4, -0.2) is 5.24 Å². The lowest BCUT2D eigenvalue weighted by Crippen LogP contribution is -1.91. The normalized spacial score (nSPS) is 9.92. The molecule has 0 aliphatic rings. The number of rotatable bonds is 2. The number of alkyl halides is 1. The predicted molar refractivity (Wildman–Crippen MR) is 51.2 cm³/mol. The van der Waals surface area contributed by atoms with E-state index in [0.29, 0.717) is 16.5 Å². The van der Waals surface area contributed by atoms with Gasteiger partial charge in [-0.05, 0) is 29.3 Å². The van der Waals surface area contributed by atoms with Gasteiger partial charge in [-0.3, -0.25) is 4.79 Å². The highest BCUT2D eigenvalue weighted by Crippen LogP contribution is 2.20. The standard InChI is InChI=1S/C8H5Cl3O/c9-4-5-1-2-7(10)6(3-5)8(11)12/h1-3H,4H2. The van der Waals surface area contributed by atoms with E-state index in [4.69, 9.17) is 34.8 Å². The van der Waals surface area contributed by atoms with Crippen molar-refractivity contribution in [2.24, 2.45) is 0 Å². The Kier molecular flexibility index (Phi) is 3.39. The maximum atomic E-state index is 10.8. The summed E-state index contributed by atoms with van der Waals surface area (Å²) >= 11 is 16.5. The third-order valence-electron chi connectivity index (χ3n) is 1.40. The predicted octanol–water partition coefficient (Wildman–Crippen LogP) is 3.46. The van der Waals surface area contributed by atoms with Gasteiger partial charge in [0.15, 0.2) is 0 Å². The van der Waals surface area contributed by atoms with Gasteiger partial charge in [0.1, 0.15) is 0 Å². The molecule has 0 atom stereocenters. The second kappa shape index (κ2) is 4.13. The highest BCUT2D eigenvalue weighted by molar-refractivity contribution is 6.68. The second-order valence-corrected chi connectivity index (χ2v) is 3.24. The van der Waals surface area contributed by atoms with Crippen molar-refractivity contribution < 1.29 is 4.79 Å². The lowest BCUT2D eigenvalue weighted by Gasteiger charge is -2.00. The van der Waals surface area contributed by atoms with Gasteiger partial charge in [0.05, 0.1) is 10.6 Å². The molecule has 0 unspecified atom stereocenters. The fraction of sp³-hybridized carbons (Fsp3) is 0.125. The number of carbonyl (C=O) groups excluding carboxylic acids is 1. The topological polar surface area (TPSA) is 17.1 Å². The number of hydrogen-bond acceptors (Lipinski definition) is 1. The molecule has 1 nitrogen and oxygen atoms in total. The van der Waals surface area contributed by atoms with Crippen molar-refractivity contribution in [3.8, 4) is 0 Å². The lowest BCUT2D eigenvalue weighted by molar-refractivity contribution is 0.108. The molecular weight excluding hydrogens is 218 g/mol. The quantitative estimate of drug-likeness (QED) is 0.554. The average Bonchev–Trinajstić information content (AvgIpc) is 2.05. The zero-order valence-electron chi connectivity index (χ0n) is 5.98. The number of halogens is 3. The molecule has 0 radical (unpaired) electrons. The van der Waals surface area contributed by atoms with Crippen LogP contribution in [0.5, 0.6) is 0 Å². The van der Waals surface area contributed by atoms with Gasteiger partial charge in [-0.2, -0.15) is 0 Å². The van der Waals surface area contributed by atoms with Crippen molar-refractivity contribution in [2.75, 3.05) is 0 Å². The number of hydrogen-bond donors (Lipinski definition) is 0. The Morgan fingerprint density at radius 1 is 1.42 bits per heavy atom. The van der Waals surface area contributed by atoms with Crippen LogP contribution in [0, 0.1) is 0 Å². The van der Waals surface area contributed by atoms with Gasteiger partial charge in [-0.15, -0.1) is 11.6 Å². The SMILES string of the molecule is O=C(Cl)c1cc(CCl)ccc1Cl. The van der Waals surface area contributed by atoms with E-state index < -0.39 is 5.24 Å². The highest BCUT2D eigenvalue weighted by atomic mass is 35.5. The molecule has 1 rings (SSSR count). The van der Waals surface area contributed by atoms with Gasteiger partial charge in [-0.1, -0.05) is 17.7 Å². The first-order chi connectivity index (χ1) is 5.65. The van der Waals surface area contributed by atoms with Crippen molar-refractivity contribution in [3.05, 3.63) is 34.3 Å². The summed E-state index contributed by atoms with van der Waals surface area (Å²) in [5.74, 6) is 0.342. The molecule has 0 aromatic heterocycles. The molecule has 0 saturated heterocycles. The van der Waals surface area contributed by atoms with Gasteiger partial charge in [-0.25, -0.2) is 0 Å². The van der Waals surface area contributed by atoms with Crippen molar-refractivity contribution in [1.29, 1.82) is 0 Å². The molecule has 12 heavy (non-hydrogen) atoms. The molecule has 0 spiro atoms. The van der Waals surface area contributed by atoms with Gasteiger partial charge in [0, 0.05) is 5.88 Å². The summed E-state index contributed by atoms with van der Waals surface area (Å²) in [4.78, 5) is 10.8. The van der Waals surface area contributed by atoms with Crippen LogP contribution in [0.25, 0.3) is 0 Å². The van der Waals surface area contributed by atoms with E-state index in [1.54, 1.807) is 18.2 Å². The minimum Gasteiger partial charge on any atom is -0.276 e. The third-order valence-corrected chi connectivity index (χ3v) is 2.24. The van der Waals surface area contributed by atoms with Gasteiger partial charge in [0.25, 0.3) is 5.24 Å². The Hall–Kier alpha value is -0.240. The summed E-state index contributed by atoms with van der Waals surface area (Å²) in [5.41, 5.74) is 1.13. The van der Waals surface area contributed by atoms with E-state index in [-0.39, 0.29) is 0 Å². The van der Waals surface area contributed by atoms with E-state index in [1.165, 1.54) is 0 Å². The van der Waals surface area contributed by atoms with Crippen molar-refractivity contribution in [3.63, 3.8) is 0 Å². The molecule has 0 fully saturated rings. The summed E-state index contributed by atoms with van der Waals surface area (Å²) in [6.07, 6.45) is 0. The molecule has 0 heterocycles. The summed E-state index contributed by atoms with van der Waals surface area (Å²) < 4.78 is 0. The maximum Gasteiger partial charge on any atom is 0.253 e. The van der Waals surface area contributed by atoms with Crippen LogP contribution in [0.4, 0.5) is 0 Å². The molecule has 1 aromatic carbocycles. The van der Waals surface area contributed by atoms with E-state index in [2.05, 4.69) is 0 Å². The van der Waals surface area contributed by atoms with E-state index >= 15 is 0 Å². The second-order valence-electron chi connectivity index (χ2n) is 2.22. The number of benzene rings is 1. The molecule has 0 amide bonds. The van der Waals surface area contributed by atoms with Crippen molar-refractivity contribution >= 4 is 40.0 Å². The first-order valence-electron chi connectivity index (χ1n) is 3.19. The largest absolute Gasteiger partial charge is 0.276 e. The molecule has 1 aromatic rings. The molecule has 4 heteroatoms. The van der Waals surface area contributed by atoms with Crippen LogP contribution in [0.15, 0.2) is 18.2 Å². The fourth-order valence-electron chi connectivity index (χ4n) is 0.806. The lowest BCUT2D eigenvalue weighted by atomic mass is 10.1. The zero-order valence-corrected chi connectivity index (χ0v) is 8.25. The van der Waals surface area contributed by atoms with E-state index in [9.17, 15) is 4.79 Å². The van der Waals surface area contributed by atoms with Crippen LogP contribution >= 0.6 is 34.8 Å². The van der Waals surface area contributed by atoms with Crippen molar-refractivity contribution in [2.45, 2.75) is 5.88 Å². The molecule has 0 aliphatic carbocycles. The van der Waals surface area contributed by atoms with Crippen molar-refractivity contribution in [1.82, 2.24) is 0 Å². The zero-order chi connectivity index (χ0) is 9.14. The van der Waals surface area contributed by atoms with Crippen LogP contribution in [0.3, 0.4) is 0 Å². The number of carbonyl (C=O) groups is 1. The van der Waals surface area contributed by atoms with Gasteiger partial charge in [0.2, 0.25) is 0 Å². The summed E-state index contributed by atoms with van der Waals surface area (Å²) in [6, 6.07) is 4.94. The highest BCUT2D eigenvalue weighted by Gasteiger charge is 2.07. The summed E-state index contributed by atoms with van der Waals surface area (Å²) in [6.45, 7) is 0. The Morgan fingerprint density at radius 2 is 2.08 bits per heavy atom. The smallest absolute Gasteiger partial charge is 0.253 e. The van der Waals surface area contributed by atoms with Gasteiger partial charge >= 0.3 is 0 Å². The first-order valence-corrected chi connectivity index (χ1v) is 4.48. The Morgan fingerprint density at radius 3 is 2.58 bits per heavy atom. The summed E-state index contributed by atoms with van der Waals surface area (Å²) in [7, 11) is 0. The van der Waals surface area contributed by atoms with Crippen LogP contribution in [0.1, 0.15) is 15.9 Å². The molecule has 0 saturated carbocycles.